The summed E-state index contributed by atoms with van der Waals surface area (Å²) in [6, 6.07) is 5.32. The first kappa shape index (κ1) is 15.6. The molecule has 1 atom stereocenters. The Morgan fingerprint density at radius 2 is 2.10 bits per heavy atom. The van der Waals surface area contributed by atoms with E-state index in [1.165, 1.54) is 19.2 Å². The highest BCUT2D eigenvalue weighted by atomic mass is 32.1. The van der Waals surface area contributed by atoms with Crippen molar-refractivity contribution < 1.29 is 13.9 Å². The summed E-state index contributed by atoms with van der Waals surface area (Å²) >= 11 is 1.59. The molecule has 0 spiro atoms. The molecule has 1 aromatic heterocycles. The molecule has 1 heterocycles. The van der Waals surface area contributed by atoms with Crippen LogP contribution in [0.3, 0.4) is 0 Å². The van der Waals surface area contributed by atoms with Crippen LogP contribution >= 0.6 is 11.3 Å². The van der Waals surface area contributed by atoms with Crippen LogP contribution in [0.1, 0.15) is 21.5 Å². The fraction of sp³-hybridized carbons (Fsp3) is 0.333. The van der Waals surface area contributed by atoms with E-state index in [0.717, 1.165) is 9.88 Å². The quantitative estimate of drug-likeness (QED) is 0.797. The molecule has 0 bridgehead atoms. The van der Waals surface area contributed by atoms with Gasteiger partial charge in [-0.3, -0.25) is 4.90 Å². The molecule has 4 nitrogen and oxygen atoms in total. The van der Waals surface area contributed by atoms with E-state index in [1.807, 2.05) is 18.9 Å². The van der Waals surface area contributed by atoms with Crippen molar-refractivity contribution in [2.75, 3.05) is 14.2 Å². The predicted molar refractivity (Wildman–Crippen MR) is 79.5 cm³/mol. The zero-order valence-electron chi connectivity index (χ0n) is 12.2. The Labute approximate surface area is 127 Å². The van der Waals surface area contributed by atoms with Crippen molar-refractivity contribution in [1.29, 1.82) is 0 Å². The van der Waals surface area contributed by atoms with Gasteiger partial charge in [-0.2, -0.15) is 0 Å². The molecular weight excluding hydrogens is 291 g/mol. The highest BCUT2D eigenvalue weighted by molar-refractivity contribution is 7.11. The summed E-state index contributed by atoms with van der Waals surface area (Å²) < 4.78 is 17.9. The predicted octanol–water partition coefficient (Wildman–Crippen LogP) is 2.94. The van der Waals surface area contributed by atoms with Gasteiger partial charge >= 0.3 is 5.97 Å². The molecule has 21 heavy (non-hydrogen) atoms. The third kappa shape index (κ3) is 3.86. The number of hydrogen-bond donors (Lipinski definition) is 0. The number of benzene rings is 1. The van der Waals surface area contributed by atoms with Crippen LogP contribution in [0, 0.1) is 12.7 Å². The summed E-state index contributed by atoms with van der Waals surface area (Å²) in [6.45, 7) is 2.51. The molecule has 0 N–H and O–H groups in total. The van der Waals surface area contributed by atoms with Crippen molar-refractivity contribution in [3.8, 4) is 0 Å². The number of ether oxygens (including phenoxy) is 1. The van der Waals surface area contributed by atoms with Crippen LogP contribution in [0.5, 0.6) is 0 Å². The zero-order chi connectivity index (χ0) is 15.4. The SMILES string of the molecule is COC(=O)[C@H](c1ccc(F)cc1)N(C)Cc1cnc(C)s1. The largest absolute Gasteiger partial charge is 0.468 e. The van der Waals surface area contributed by atoms with Crippen molar-refractivity contribution in [1.82, 2.24) is 9.88 Å². The van der Waals surface area contributed by atoms with Gasteiger partial charge in [0.1, 0.15) is 11.9 Å². The standard InChI is InChI=1S/C15H17FN2O2S/c1-10-17-8-13(21-10)9-18(2)14(15(19)20-3)11-4-6-12(16)7-5-11/h4-8,14H,9H2,1-3H3/t14-/m0/s1. The molecule has 0 radical (unpaired) electrons. The Kier molecular flexibility index (Phi) is 5.03. The summed E-state index contributed by atoms with van der Waals surface area (Å²) in [4.78, 5) is 19.2. The van der Waals surface area contributed by atoms with Crippen LogP contribution in [0.2, 0.25) is 0 Å². The number of halogens is 1. The first-order valence-electron chi connectivity index (χ1n) is 6.46. The number of aryl methyl sites for hydroxylation is 1. The summed E-state index contributed by atoms with van der Waals surface area (Å²) in [5.74, 6) is -0.701. The maximum absolute atomic E-state index is 13.0. The monoisotopic (exact) mass is 308 g/mol. The fourth-order valence-corrected chi connectivity index (χ4v) is 3.00. The molecule has 0 fully saturated rings. The topological polar surface area (TPSA) is 42.4 Å². The number of likely N-dealkylation sites (N-methyl/N-ethyl adjacent to an activating group) is 1. The molecule has 1 aromatic carbocycles. The minimum Gasteiger partial charge on any atom is -0.468 e. The molecule has 0 saturated heterocycles. The number of esters is 1. The molecule has 0 aliphatic heterocycles. The van der Waals surface area contributed by atoms with E-state index in [-0.39, 0.29) is 11.8 Å². The van der Waals surface area contributed by atoms with Gasteiger partial charge in [0.25, 0.3) is 0 Å². The van der Waals surface area contributed by atoms with E-state index >= 15 is 0 Å². The third-order valence-electron chi connectivity index (χ3n) is 3.13. The van der Waals surface area contributed by atoms with Crippen LogP contribution in [0.15, 0.2) is 30.5 Å². The lowest BCUT2D eigenvalue weighted by Gasteiger charge is -2.25. The molecule has 0 amide bonds. The Morgan fingerprint density at radius 3 is 2.62 bits per heavy atom. The molecular formula is C15H17FN2O2S. The lowest BCUT2D eigenvalue weighted by atomic mass is 10.1. The van der Waals surface area contributed by atoms with E-state index in [2.05, 4.69) is 4.98 Å². The second-order valence-corrected chi connectivity index (χ2v) is 6.06. The summed E-state index contributed by atoms with van der Waals surface area (Å²) in [6.07, 6.45) is 1.80. The number of rotatable bonds is 5. The van der Waals surface area contributed by atoms with E-state index in [9.17, 15) is 9.18 Å². The Hall–Kier alpha value is -1.79. The maximum Gasteiger partial charge on any atom is 0.327 e. The Balaban J connectivity index is 2.22. The smallest absolute Gasteiger partial charge is 0.327 e. The lowest BCUT2D eigenvalue weighted by Crippen LogP contribution is -2.31. The van der Waals surface area contributed by atoms with Gasteiger partial charge in [0.15, 0.2) is 0 Å². The van der Waals surface area contributed by atoms with Crippen molar-refractivity contribution in [3.05, 3.63) is 51.7 Å². The van der Waals surface area contributed by atoms with Crippen molar-refractivity contribution in [3.63, 3.8) is 0 Å². The van der Waals surface area contributed by atoms with Gasteiger partial charge in [-0.25, -0.2) is 14.2 Å². The van der Waals surface area contributed by atoms with Gasteiger partial charge in [0.05, 0.1) is 12.1 Å². The number of methoxy groups -OCH3 is 1. The van der Waals surface area contributed by atoms with E-state index in [1.54, 1.807) is 29.7 Å². The number of carbonyl (C=O) groups is 1. The van der Waals surface area contributed by atoms with Crippen LogP contribution < -0.4 is 0 Å². The van der Waals surface area contributed by atoms with Crippen molar-refractivity contribution in [2.45, 2.75) is 19.5 Å². The number of hydrogen-bond acceptors (Lipinski definition) is 5. The maximum atomic E-state index is 13.0. The molecule has 0 unspecified atom stereocenters. The Morgan fingerprint density at radius 1 is 1.43 bits per heavy atom. The number of nitrogens with zero attached hydrogens (tertiary/aromatic N) is 2. The molecule has 0 aliphatic rings. The summed E-state index contributed by atoms with van der Waals surface area (Å²) in [7, 11) is 3.18. The number of carbonyl (C=O) groups excluding carboxylic acids is 1. The average Bonchev–Trinajstić information content (AvgIpc) is 2.86. The van der Waals surface area contributed by atoms with Crippen LogP contribution in [0.25, 0.3) is 0 Å². The number of thiazole rings is 1. The second-order valence-electron chi connectivity index (χ2n) is 4.74. The molecule has 6 heteroatoms. The molecule has 2 aromatic rings. The normalized spacial score (nSPS) is 12.4. The molecule has 0 aliphatic carbocycles. The highest BCUT2D eigenvalue weighted by Crippen LogP contribution is 2.24. The van der Waals surface area contributed by atoms with Gasteiger partial charge in [-0.05, 0) is 31.7 Å². The van der Waals surface area contributed by atoms with Crippen molar-refractivity contribution in [2.24, 2.45) is 0 Å². The van der Waals surface area contributed by atoms with Gasteiger partial charge in [0.2, 0.25) is 0 Å². The van der Waals surface area contributed by atoms with E-state index in [4.69, 9.17) is 4.74 Å². The molecule has 2 rings (SSSR count). The molecule has 112 valence electrons. The minimum absolute atomic E-state index is 0.330. The highest BCUT2D eigenvalue weighted by Gasteiger charge is 2.26. The molecule has 0 saturated carbocycles. The van der Waals surface area contributed by atoms with E-state index < -0.39 is 6.04 Å². The second kappa shape index (κ2) is 6.78. The zero-order valence-corrected chi connectivity index (χ0v) is 13.0. The first-order valence-corrected chi connectivity index (χ1v) is 7.27. The van der Waals surface area contributed by atoms with Gasteiger partial charge < -0.3 is 4.74 Å². The van der Waals surface area contributed by atoms with Crippen LogP contribution in [0.4, 0.5) is 4.39 Å². The number of aromatic nitrogens is 1. The van der Waals surface area contributed by atoms with E-state index in [0.29, 0.717) is 12.1 Å². The minimum atomic E-state index is -0.571. The van der Waals surface area contributed by atoms with Crippen molar-refractivity contribution >= 4 is 17.3 Å². The average molecular weight is 308 g/mol. The Bertz CT molecular complexity index is 612. The van der Waals surface area contributed by atoms with Crippen LogP contribution in [-0.4, -0.2) is 30.0 Å². The third-order valence-corrected chi connectivity index (χ3v) is 4.02. The van der Waals surface area contributed by atoms with Crippen LogP contribution in [-0.2, 0) is 16.1 Å². The summed E-state index contributed by atoms with van der Waals surface area (Å²) in [5, 5.41) is 0.981. The van der Waals surface area contributed by atoms with Gasteiger partial charge in [-0.1, -0.05) is 12.1 Å². The van der Waals surface area contributed by atoms with Gasteiger partial charge in [-0.15, -0.1) is 11.3 Å². The van der Waals surface area contributed by atoms with Gasteiger partial charge in [0, 0.05) is 17.6 Å². The first-order chi connectivity index (χ1) is 10.0. The fourth-order valence-electron chi connectivity index (χ4n) is 2.14. The summed E-state index contributed by atoms with van der Waals surface area (Å²) in [5.41, 5.74) is 0.701. The lowest BCUT2D eigenvalue weighted by molar-refractivity contribution is -0.147.